The minimum Gasteiger partial charge on any atom is -0.375 e. The predicted molar refractivity (Wildman–Crippen MR) is 53.3 cm³/mol. The molecule has 0 aliphatic rings. The Morgan fingerprint density at radius 1 is 1.40 bits per heavy atom. The monoisotopic (exact) mass is 178 g/mol. The van der Waals surface area contributed by atoms with Crippen molar-refractivity contribution in [2.24, 2.45) is 0 Å². The highest BCUT2D eigenvalue weighted by atomic mass is 31.0. The SMILES string of the molecule is CC(P)OCC[Si](C)(C)C. The molecule has 0 aromatic heterocycles. The van der Waals surface area contributed by atoms with Crippen LogP contribution in [0.25, 0.3) is 0 Å². The molecule has 0 radical (unpaired) electrons. The van der Waals surface area contributed by atoms with Gasteiger partial charge in [0.05, 0.1) is 5.85 Å². The summed E-state index contributed by atoms with van der Waals surface area (Å²) in [5.41, 5.74) is 0. The molecule has 1 nitrogen and oxygen atoms in total. The highest BCUT2D eigenvalue weighted by Gasteiger charge is 2.12. The Bertz CT molecular complexity index is 88.1. The van der Waals surface area contributed by atoms with Crippen LogP contribution < -0.4 is 0 Å². The standard InChI is InChI=1S/C7H19OPSi/c1-7(9)8-5-6-10(2,3)4/h7H,5-6,9H2,1-4H3. The molecule has 0 saturated heterocycles. The fraction of sp³-hybridized carbons (Fsp3) is 1.00. The van der Waals surface area contributed by atoms with E-state index in [1.165, 1.54) is 6.04 Å². The fourth-order valence-electron chi connectivity index (χ4n) is 0.551. The molecule has 0 aromatic rings. The van der Waals surface area contributed by atoms with E-state index in [4.69, 9.17) is 4.74 Å². The number of ether oxygens (including phenoxy) is 1. The van der Waals surface area contributed by atoms with Gasteiger partial charge in [0.1, 0.15) is 0 Å². The molecule has 0 fully saturated rings. The van der Waals surface area contributed by atoms with E-state index in [-0.39, 0.29) is 0 Å². The van der Waals surface area contributed by atoms with Crippen LogP contribution >= 0.6 is 9.24 Å². The van der Waals surface area contributed by atoms with Crippen molar-refractivity contribution in [3.8, 4) is 0 Å². The van der Waals surface area contributed by atoms with Gasteiger partial charge in [0.15, 0.2) is 0 Å². The van der Waals surface area contributed by atoms with Gasteiger partial charge in [-0.05, 0) is 13.0 Å². The second kappa shape index (κ2) is 4.48. The largest absolute Gasteiger partial charge is 0.375 e. The van der Waals surface area contributed by atoms with Crippen LogP contribution in [0.15, 0.2) is 0 Å². The molecule has 2 unspecified atom stereocenters. The maximum absolute atomic E-state index is 5.42. The van der Waals surface area contributed by atoms with Crippen LogP contribution in [0.4, 0.5) is 0 Å². The minimum atomic E-state index is -0.858. The van der Waals surface area contributed by atoms with E-state index >= 15 is 0 Å². The minimum absolute atomic E-state index is 0.316. The summed E-state index contributed by atoms with van der Waals surface area (Å²) in [6.45, 7) is 10.1. The first-order chi connectivity index (χ1) is 4.42. The normalized spacial score (nSPS) is 15.3. The van der Waals surface area contributed by atoms with E-state index < -0.39 is 8.07 Å². The average Bonchev–Trinajstić information content (AvgIpc) is 1.59. The van der Waals surface area contributed by atoms with Gasteiger partial charge < -0.3 is 4.74 Å². The zero-order valence-electron chi connectivity index (χ0n) is 7.48. The van der Waals surface area contributed by atoms with Crippen LogP contribution in [0.2, 0.25) is 25.7 Å². The van der Waals surface area contributed by atoms with Crippen molar-refractivity contribution in [2.45, 2.75) is 38.5 Å². The van der Waals surface area contributed by atoms with E-state index in [9.17, 15) is 0 Å². The maximum atomic E-state index is 5.42. The Hall–Kier alpha value is 0.607. The Balaban J connectivity index is 3.21. The average molecular weight is 178 g/mol. The summed E-state index contributed by atoms with van der Waals surface area (Å²) >= 11 is 0. The molecular weight excluding hydrogens is 159 g/mol. The van der Waals surface area contributed by atoms with Crippen molar-refractivity contribution >= 4 is 17.3 Å². The van der Waals surface area contributed by atoms with E-state index in [0.29, 0.717) is 5.85 Å². The van der Waals surface area contributed by atoms with Crippen molar-refractivity contribution in [3.63, 3.8) is 0 Å². The van der Waals surface area contributed by atoms with Crippen LogP contribution in [0.5, 0.6) is 0 Å². The maximum Gasteiger partial charge on any atom is 0.0680 e. The molecule has 0 saturated carbocycles. The Kier molecular flexibility index (Phi) is 4.75. The van der Waals surface area contributed by atoms with Crippen molar-refractivity contribution in [2.75, 3.05) is 6.61 Å². The highest BCUT2D eigenvalue weighted by Crippen LogP contribution is 2.09. The molecule has 0 spiro atoms. The van der Waals surface area contributed by atoms with Crippen molar-refractivity contribution in [1.82, 2.24) is 0 Å². The molecule has 0 aliphatic carbocycles. The Morgan fingerprint density at radius 2 is 1.90 bits per heavy atom. The van der Waals surface area contributed by atoms with Crippen molar-refractivity contribution in [3.05, 3.63) is 0 Å². The van der Waals surface area contributed by atoms with Gasteiger partial charge in [0, 0.05) is 14.7 Å². The lowest BCUT2D eigenvalue weighted by molar-refractivity contribution is 0.136. The molecule has 0 aromatic carbocycles. The predicted octanol–water partition coefficient (Wildman–Crippen LogP) is 2.56. The Labute approximate surface area is 67.8 Å². The summed E-state index contributed by atoms with van der Waals surface area (Å²) in [6.07, 6.45) is 0. The highest BCUT2D eigenvalue weighted by molar-refractivity contribution is 7.17. The summed E-state index contributed by atoms with van der Waals surface area (Å²) in [6, 6.07) is 1.27. The summed E-state index contributed by atoms with van der Waals surface area (Å²) in [5, 5.41) is 0. The van der Waals surface area contributed by atoms with Crippen LogP contribution in [-0.2, 0) is 4.74 Å². The molecule has 2 atom stereocenters. The first-order valence-corrected chi connectivity index (χ1v) is 8.16. The molecule has 0 rings (SSSR count). The summed E-state index contributed by atoms with van der Waals surface area (Å²) in [5.74, 6) is 0.316. The van der Waals surface area contributed by atoms with Gasteiger partial charge in [-0.15, -0.1) is 9.24 Å². The van der Waals surface area contributed by atoms with Gasteiger partial charge in [-0.25, -0.2) is 0 Å². The number of rotatable bonds is 4. The van der Waals surface area contributed by atoms with Crippen LogP contribution in [0.1, 0.15) is 6.92 Å². The fourth-order valence-corrected chi connectivity index (χ4v) is 1.42. The molecule has 0 heterocycles. The van der Waals surface area contributed by atoms with Gasteiger partial charge in [0.2, 0.25) is 0 Å². The van der Waals surface area contributed by atoms with Gasteiger partial charge in [0.25, 0.3) is 0 Å². The molecule has 0 bridgehead atoms. The molecule has 0 aliphatic heterocycles. The third-order valence-corrected chi connectivity index (χ3v) is 3.13. The number of hydrogen-bond acceptors (Lipinski definition) is 1. The van der Waals surface area contributed by atoms with Gasteiger partial charge >= 0.3 is 0 Å². The quantitative estimate of drug-likeness (QED) is 0.475. The molecule has 3 heteroatoms. The molecule has 0 amide bonds. The smallest absolute Gasteiger partial charge is 0.0680 e. The van der Waals surface area contributed by atoms with Crippen LogP contribution in [-0.4, -0.2) is 20.5 Å². The van der Waals surface area contributed by atoms with E-state index in [2.05, 4.69) is 35.8 Å². The second-order valence-electron chi connectivity index (χ2n) is 3.89. The topological polar surface area (TPSA) is 9.23 Å². The lowest BCUT2D eigenvalue weighted by Gasteiger charge is -2.16. The van der Waals surface area contributed by atoms with E-state index in [0.717, 1.165) is 6.61 Å². The summed E-state index contributed by atoms with van der Waals surface area (Å²) < 4.78 is 5.42. The zero-order chi connectivity index (χ0) is 8.20. The first kappa shape index (κ1) is 10.6. The third-order valence-electron chi connectivity index (χ3n) is 1.23. The van der Waals surface area contributed by atoms with E-state index in [1.807, 2.05) is 0 Å². The molecule has 10 heavy (non-hydrogen) atoms. The first-order valence-electron chi connectivity index (χ1n) is 3.79. The van der Waals surface area contributed by atoms with Gasteiger partial charge in [-0.3, -0.25) is 0 Å². The lowest BCUT2D eigenvalue weighted by Crippen LogP contribution is -2.22. The summed E-state index contributed by atoms with van der Waals surface area (Å²) in [7, 11) is 1.78. The molecular formula is C7H19OPSi. The van der Waals surface area contributed by atoms with Gasteiger partial charge in [-0.1, -0.05) is 19.6 Å². The molecule has 62 valence electrons. The van der Waals surface area contributed by atoms with Crippen LogP contribution in [0.3, 0.4) is 0 Å². The number of hydrogen-bond donors (Lipinski definition) is 0. The second-order valence-corrected chi connectivity index (χ2v) is 10.4. The summed E-state index contributed by atoms with van der Waals surface area (Å²) in [4.78, 5) is 0. The zero-order valence-corrected chi connectivity index (χ0v) is 9.63. The van der Waals surface area contributed by atoms with Crippen molar-refractivity contribution in [1.29, 1.82) is 0 Å². The third kappa shape index (κ3) is 8.61. The lowest BCUT2D eigenvalue weighted by atomic mass is 10.8. The molecule has 0 N–H and O–H groups in total. The van der Waals surface area contributed by atoms with Crippen molar-refractivity contribution < 1.29 is 4.74 Å². The van der Waals surface area contributed by atoms with Gasteiger partial charge in [-0.2, -0.15) is 0 Å². The Morgan fingerprint density at radius 3 is 2.20 bits per heavy atom. The van der Waals surface area contributed by atoms with E-state index in [1.54, 1.807) is 0 Å². The van der Waals surface area contributed by atoms with Crippen LogP contribution in [0, 0.1) is 0 Å².